The summed E-state index contributed by atoms with van der Waals surface area (Å²) in [5.41, 5.74) is 8.03. The van der Waals surface area contributed by atoms with E-state index in [0.29, 0.717) is 0 Å². The van der Waals surface area contributed by atoms with Gasteiger partial charge in [0.1, 0.15) is 0 Å². The molecule has 4 heteroatoms. The van der Waals surface area contributed by atoms with Crippen LogP contribution in [-0.2, 0) is 0 Å². The molecule has 4 nitrogen and oxygen atoms in total. The zero-order valence-corrected chi connectivity index (χ0v) is 11.8. The molecule has 1 aromatic rings. The second-order valence-corrected chi connectivity index (χ2v) is 5.96. The van der Waals surface area contributed by atoms with Crippen molar-refractivity contribution < 1.29 is 0 Å². The Morgan fingerprint density at radius 3 is 2.53 bits per heavy atom. The average molecular weight is 260 g/mol. The molecule has 1 saturated carbocycles. The highest BCUT2D eigenvalue weighted by atomic mass is 15.3. The Bertz CT molecular complexity index is 403. The zero-order valence-electron chi connectivity index (χ0n) is 11.8. The van der Waals surface area contributed by atoms with Crippen LogP contribution in [0.5, 0.6) is 0 Å². The molecule has 2 aliphatic rings. The standard InChI is InChI=1S/C15H24N4/c1-12(16)15-5-4-14(10-17-15)19-8-6-18(7-9-19)11-13-2-3-13/h4-5,10,12-13H,2-3,6-9,11,16H2,1H3. The van der Waals surface area contributed by atoms with Gasteiger partial charge in [-0.05, 0) is 37.8 Å². The van der Waals surface area contributed by atoms with Crippen molar-refractivity contribution >= 4 is 5.69 Å². The molecule has 0 aromatic carbocycles. The second kappa shape index (κ2) is 5.47. The number of piperazine rings is 1. The van der Waals surface area contributed by atoms with Crippen LogP contribution < -0.4 is 10.6 Å². The number of hydrogen-bond acceptors (Lipinski definition) is 4. The van der Waals surface area contributed by atoms with Gasteiger partial charge < -0.3 is 10.6 Å². The molecule has 1 aliphatic heterocycles. The molecule has 2 N–H and O–H groups in total. The Hall–Kier alpha value is -1.13. The first-order valence-electron chi connectivity index (χ1n) is 7.41. The normalized spacial score (nSPS) is 22.5. The van der Waals surface area contributed by atoms with E-state index in [1.54, 1.807) is 0 Å². The van der Waals surface area contributed by atoms with Crippen LogP contribution in [-0.4, -0.2) is 42.6 Å². The largest absolute Gasteiger partial charge is 0.368 e. The summed E-state index contributed by atoms with van der Waals surface area (Å²) in [4.78, 5) is 9.49. The minimum absolute atomic E-state index is 0.0180. The van der Waals surface area contributed by atoms with Gasteiger partial charge in [-0.2, -0.15) is 0 Å². The van der Waals surface area contributed by atoms with Crippen molar-refractivity contribution in [1.82, 2.24) is 9.88 Å². The van der Waals surface area contributed by atoms with Gasteiger partial charge in [-0.25, -0.2) is 0 Å². The first-order valence-corrected chi connectivity index (χ1v) is 7.41. The van der Waals surface area contributed by atoms with Crippen molar-refractivity contribution in [3.05, 3.63) is 24.0 Å². The van der Waals surface area contributed by atoms with Crippen LogP contribution >= 0.6 is 0 Å². The number of hydrogen-bond donors (Lipinski definition) is 1. The number of pyridine rings is 1. The van der Waals surface area contributed by atoms with Gasteiger partial charge in [-0.3, -0.25) is 9.88 Å². The molecule has 2 heterocycles. The molecule has 1 unspecified atom stereocenters. The zero-order chi connectivity index (χ0) is 13.2. The molecule has 19 heavy (non-hydrogen) atoms. The summed E-state index contributed by atoms with van der Waals surface area (Å²) in [5, 5.41) is 0. The Labute approximate surface area is 115 Å². The van der Waals surface area contributed by atoms with Gasteiger partial charge in [0.25, 0.3) is 0 Å². The second-order valence-electron chi connectivity index (χ2n) is 5.96. The van der Waals surface area contributed by atoms with Crippen molar-refractivity contribution in [2.24, 2.45) is 11.7 Å². The lowest BCUT2D eigenvalue weighted by Gasteiger charge is -2.36. The number of rotatable bonds is 4. The summed E-state index contributed by atoms with van der Waals surface area (Å²) in [6.45, 7) is 7.89. The number of anilines is 1. The van der Waals surface area contributed by atoms with Crippen LogP contribution in [0.25, 0.3) is 0 Å². The van der Waals surface area contributed by atoms with Crippen LogP contribution in [0.2, 0.25) is 0 Å². The van der Waals surface area contributed by atoms with Crippen LogP contribution in [0.15, 0.2) is 18.3 Å². The van der Waals surface area contributed by atoms with E-state index in [2.05, 4.69) is 26.9 Å². The lowest BCUT2D eigenvalue weighted by atomic mass is 10.2. The van der Waals surface area contributed by atoms with E-state index in [1.165, 1.54) is 38.2 Å². The molecule has 0 radical (unpaired) electrons. The van der Waals surface area contributed by atoms with E-state index in [0.717, 1.165) is 24.7 Å². The Balaban J connectivity index is 1.55. The van der Waals surface area contributed by atoms with Gasteiger partial charge in [0.2, 0.25) is 0 Å². The van der Waals surface area contributed by atoms with Gasteiger partial charge in [-0.1, -0.05) is 0 Å². The minimum Gasteiger partial charge on any atom is -0.368 e. The molecule has 0 bridgehead atoms. The fourth-order valence-electron chi connectivity index (χ4n) is 2.71. The molecule has 1 saturated heterocycles. The molecule has 0 spiro atoms. The lowest BCUT2D eigenvalue weighted by molar-refractivity contribution is 0.248. The van der Waals surface area contributed by atoms with E-state index in [9.17, 15) is 0 Å². The van der Waals surface area contributed by atoms with E-state index < -0.39 is 0 Å². The monoisotopic (exact) mass is 260 g/mol. The maximum Gasteiger partial charge on any atom is 0.0569 e. The summed E-state index contributed by atoms with van der Waals surface area (Å²) >= 11 is 0. The molecular formula is C15H24N4. The lowest BCUT2D eigenvalue weighted by Crippen LogP contribution is -2.47. The summed E-state index contributed by atoms with van der Waals surface area (Å²) in [7, 11) is 0. The van der Waals surface area contributed by atoms with Crippen molar-refractivity contribution in [2.75, 3.05) is 37.6 Å². The smallest absolute Gasteiger partial charge is 0.0569 e. The average Bonchev–Trinajstić information content (AvgIpc) is 3.24. The molecular weight excluding hydrogens is 236 g/mol. The quantitative estimate of drug-likeness (QED) is 0.894. The molecule has 104 valence electrons. The third-order valence-electron chi connectivity index (χ3n) is 4.19. The first kappa shape index (κ1) is 12.9. The number of aromatic nitrogens is 1. The third kappa shape index (κ3) is 3.25. The molecule has 1 aromatic heterocycles. The first-order chi connectivity index (χ1) is 9.22. The number of nitrogens with two attached hydrogens (primary N) is 1. The van der Waals surface area contributed by atoms with Gasteiger partial charge in [-0.15, -0.1) is 0 Å². The van der Waals surface area contributed by atoms with E-state index in [4.69, 9.17) is 5.73 Å². The summed E-state index contributed by atoms with van der Waals surface area (Å²) < 4.78 is 0. The van der Waals surface area contributed by atoms with Crippen LogP contribution in [0.1, 0.15) is 31.5 Å². The molecule has 3 rings (SSSR count). The maximum atomic E-state index is 5.83. The summed E-state index contributed by atoms with van der Waals surface area (Å²) in [6.07, 6.45) is 4.86. The van der Waals surface area contributed by atoms with Crippen molar-refractivity contribution in [2.45, 2.75) is 25.8 Å². The predicted octanol–water partition coefficient (Wildman–Crippen LogP) is 1.63. The molecule has 0 amide bonds. The van der Waals surface area contributed by atoms with Gasteiger partial charge in [0.05, 0.1) is 17.6 Å². The Kier molecular flexibility index (Phi) is 3.71. The van der Waals surface area contributed by atoms with Gasteiger partial charge in [0.15, 0.2) is 0 Å². The Morgan fingerprint density at radius 2 is 2.00 bits per heavy atom. The number of nitrogens with zero attached hydrogens (tertiary/aromatic N) is 3. The van der Waals surface area contributed by atoms with Gasteiger partial charge in [0, 0.05) is 38.8 Å². The van der Waals surface area contributed by atoms with Crippen molar-refractivity contribution in [3.8, 4) is 0 Å². The van der Waals surface area contributed by atoms with Crippen LogP contribution in [0.3, 0.4) is 0 Å². The minimum atomic E-state index is 0.0180. The topological polar surface area (TPSA) is 45.4 Å². The Morgan fingerprint density at radius 1 is 1.26 bits per heavy atom. The summed E-state index contributed by atoms with van der Waals surface area (Å²) in [5.74, 6) is 0.999. The fourth-order valence-corrected chi connectivity index (χ4v) is 2.71. The van der Waals surface area contributed by atoms with Crippen LogP contribution in [0, 0.1) is 5.92 Å². The predicted molar refractivity (Wildman–Crippen MR) is 78.2 cm³/mol. The highest BCUT2D eigenvalue weighted by Gasteiger charge is 2.26. The SMILES string of the molecule is CC(N)c1ccc(N2CCN(CC3CC3)CC2)cn1. The maximum absolute atomic E-state index is 5.83. The van der Waals surface area contributed by atoms with E-state index >= 15 is 0 Å². The highest BCUT2D eigenvalue weighted by molar-refractivity contribution is 5.45. The summed E-state index contributed by atoms with van der Waals surface area (Å²) in [6, 6.07) is 4.23. The third-order valence-corrected chi connectivity index (χ3v) is 4.19. The molecule has 2 fully saturated rings. The van der Waals surface area contributed by atoms with E-state index in [-0.39, 0.29) is 6.04 Å². The van der Waals surface area contributed by atoms with Gasteiger partial charge >= 0.3 is 0 Å². The van der Waals surface area contributed by atoms with Crippen molar-refractivity contribution in [1.29, 1.82) is 0 Å². The van der Waals surface area contributed by atoms with E-state index in [1.807, 2.05) is 13.1 Å². The molecule has 1 atom stereocenters. The van der Waals surface area contributed by atoms with Crippen LogP contribution in [0.4, 0.5) is 5.69 Å². The van der Waals surface area contributed by atoms with Crippen molar-refractivity contribution in [3.63, 3.8) is 0 Å². The fraction of sp³-hybridized carbons (Fsp3) is 0.667. The molecule has 1 aliphatic carbocycles. The highest BCUT2D eigenvalue weighted by Crippen LogP contribution is 2.30.